The zero-order valence-corrected chi connectivity index (χ0v) is 7.66. The van der Waals surface area contributed by atoms with Gasteiger partial charge in [-0.2, -0.15) is 0 Å². The van der Waals surface area contributed by atoms with Crippen LogP contribution in [-0.4, -0.2) is 15.7 Å². The molecule has 0 saturated carbocycles. The summed E-state index contributed by atoms with van der Waals surface area (Å²) in [6.45, 7) is 1.48. The van der Waals surface area contributed by atoms with Crippen LogP contribution in [0, 0.1) is 0 Å². The SMILES string of the molecule is CC(=O)NC1NC(=S)SS1. The largest absolute Gasteiger partial charge is 0.341 e. The molecule has 0 spiro atoms. The Hall–Kier alpha value is 0.0600. The third-order valence-corrected chi connectivity index (χ3v) is 3.65. The Labute approximate surface area is 72.1 Å². The van der Waals surface area contributed by atoms with Gasteiger partial charge in [0, 0.05) is 6.92 Å². The first-order chi connectivity index (χ1) is 4.68. The van der Waals surface area contributed by atoms with Gasteiger partial charge < -0.3 is 10.6 Å². The van der Waals surface area contributed by atoms with E-state index in [2.05, 4.69) is 10.6 Å². The lowest BCUT2D eigenvalue weighted by atomic mass is 10.7. The van der Waals surface area contributed by atoms with Gasteiger partial charge in [-0.1, -0.05) is 12.2 Å². The molecule has 1 heterocycles. The van der Waals surface area contributed by atoms with Crippen molar-refractivity contribution in [1.82, 2.24) is 10.6 Å². The number of amides is 1. The van der Waals surface area contributed by atoms with Crippen LogP contribution < -0.4 is 10.6 Å². The number of rotatable bonds is 1. The third kappa shape index (κ3) is 2.36. The summed E-state index contributed by atoms with van der Waals surface area (Å²) >= 11 is 4.83. The van der Waals surface area contributed by atoms with E-state index in [1.807, 2.05) is 0 Å². The Balaban J connectivity index is 2.31. The minimum atomic E-state index is -0.0463. The van der Waals surface area contributed by atoms with E-state index in [4.69, 9.17) is 12.2 Å². The summed E-state index contributed by atoms with van der Waals surface area (Å²) in [7, 11) is 2.98. The van der Waals surface area contributed by atoms with Crippen molar-refractivity contribution < 1.29 is 4.79 Å². The van der Waals surface area contributed by atoms with Crippen molar-refractivity contribution in [2.45, 2.75) is 12.4 Å². The fraction of sp³-hybridized carbons (Fsp3) is 0.500. The van der Waals surface area contributed by atoms with E-state index >= 15 is 0 Å². The first kappa shape index (κ1) is 8.16. The van der Waals surface area contributed by atoms with Gasteiger partial charge in [-0.3, -0.25) is 4.79 Å². The summed E-state index contributed by atoms with van der Waals surface area (Å²) in [5, 5.41) is 5.59. The third-order valence-electron chi connectivity index (χ3n) is 0.803. The molecule has 0 aromatic rings. The van der Waals surface area contributed by atoms with Crippen molar-refractivity contribution in [2.75, 3.05) is 0 Å². The molecule has 6 heteroatoms. The van der Waals surface area contributed by atoms with Gasteiger partial charge in [-0.15, -0.1) is 0 Å². The van der Waals surface area contributed by atoms with Crippen molar-refractivity contribution in [3.8, 4) is 0 Å². The maximum Gasteiger partial charge on any atom is 0.219 e. The normalized spacial score (nSPS) is 24.1. The lowest BCUT2D eigenvalue weighted by molar-refractivity contribution is -0.119. The predicted molar refractivity (Wildman–Crippen MR) is 48.5 cm³/mol. The number of carbonyl (C=O) groups is 1. The molecule has 1 saturated heterocycles. The molecule has 1 aliphatic heterocycles. The van der Waals surface area contributed by atoms with E-state index in [0.29, 0.717) is 0 Å². The van der Waals surface area contributed by atoms with Gasteiger partial charge in [-0.05, 0) is 21.6 Å². The average molecular weight is 194 g/mol. The van der Waals surface area contributed by atoms with Crippen LogP contribution in [0.1, 0.15) is 6.92 Å². The van der Waals surface area contributed by atoms with Crippen molar-refractivity contribution in [3.63, 3.8) is 0 Å². The van der Waals surface area contributed by atoms with E-state index < -0.39 is 0 Å². The highest BCUT2D eigenvalue weighted by Gasteiger charge is 2.19. The molecule has 0 aromatic carbocycles. The van der Waals surface area contributed by atoms with Crippen molar-refractivity contribution in [3.05, 3.63) is 0 Å². The standard InChI is InChI=1S/C4H6N2OS3/c1-2(7)5-3-6-4(8)10-9-3/h3H,1H3,(H,5,7)(H,6,8). The molecule has 0 aliphatic carbocycles. The molecular weight excluding hydrogens is 188 g/mol. The maximum atomic E-state index is 10.5. The Morgan fingerprint density at radius 1 is 1.90 bits per heavy atom. The molecule has 56 valence electrons. The summed E-state index contributed by atoms with van der Waals surface area (Å²) in [6.07, 6.45) is 0. The van der Waals surface area contributed by atoms with Crippen molar-refractivity contribution in [1.29, 1.82) is 0 Å². The first-order valence-corrected chi connectivity index (χ1v) is 5.21. The second-order valence-electron chi connectivity index (χ2n) is 1.69. The van der Waals surface area contributed by atoms with E-state index in [0.717, 1.165) is 4.32 Å². The minimum Gasteiger partial charge on any atom is -0.341 e. The summed E-state index contributed by atoms with van der Waals surface area (Å²) in [4.78, 5) is 10.5. The lowest BCUT2D eigenvalue weighted by Crippen LogP contribution is -2.39. The second kappa shape index (κ2) is 3.45. The molecule has 0 aromatic heterocycles. The molecular formula is C4H6N2OS3. The first-order valence-electron chi connectivity index (χ1n) is 2.59. The maximum absolute atomic E-state index is 10.5. The van der Waals surface area contributed by atoms with E-state index in [-0.39, 0.29) is 11.4 Å². The average Bonchev–Trinajstić information content (AvgIpc) is 2.13. The number of carbonyl (C=O) groups excluding carboxylic acids is 1. The van der Waals surface area contributed by atoms with Gasteiger partial charge in [-0.25, -0.2) is 0 Å². The van der Waals surface area contributed by atoms with E-state index in [1.54, 1.807) is 0 Å². The Morgan fingerprint density at radius 3 is 3.00 bits per heavy atom. The quantitative estimate of drug-likeness (QED) is 0.474. The molecule has 1 aliphatic rings. The van der Waals surface area contributed by atoms with Crippen LogP contribution in [0.4, 0.5) is 0 Å². The molecule has 3 nitrogen and oxygen atoms in total. The van der Waals surface area contributed by atoms with E-state index in [1.165, 1.54) is 28.5 Å². The molecule has 1 fully saturated rings. The summed E-state index contributed by atoms with van der Waals surface area (Å²) in [5.41, 5.74) is -0.0463. The molecule has 2 N–H and O–H groups in total. The van der Waals surface area contributed by atoms with Crippen LogP contribution in [0.5, 0.6) is 0 Å². The van der Waals surface area contributed by atoms with Crippen LogP contribution in [-0.2, 0) is 4.79 Å². The molecule has 1 atom stereocenters. The highest BCUT2D eigenvalue weighted by atomic mass is 33.1. The number of hydrogen-bond acceptors (Lipinski definition) is 4. The fourth-order valence-electron chi connectivity index (χ4n) is 0.492. The fourth-order valence-corrected chi connectivity index (χ4v) is 2.83. The Bertz CT molecular complexity index is 172. The number of hydrogen-bond donors (Lipinski definition) is 2. The number of nitrogens with one attached hydrogen (secondary N) is 2. The van der Waals surface area contributed by atoms with Gasteiger partial charge in [0.2, 0.25) is 5.91 Å². The van der Waals surface area contributed by atoms with E-state index in [9.17, 15) is 4.79 Å². The monoisotopic (exact) mass is 194 g/mol. The molecule has 0 radical (unpaired) electrons. The summed E-state index contributed by atoms with van der Waals surface area (Å²) in [6, 6.07) is 0. The summed E-state index contributed by atoms with van der Waals surface area (Å²) < 4.78 is 0.726. The second-order valence-corrected chi connectivity index (χ2v) is 4.67. The van der Waals surface area contributed by atoms with Crippen LogP contribution in [0.25, 0.3) is 0 Å². The van der Waals surface area contributed by atoms with Gasteiger partial charge in [0.25, 0.3) is 0 Å². The number of thiocarbonyl (C=S) groups is 1. The highest BCUT2D eigenvalue weighted by molar-refractivity contribution is 8.84. The topological polar surface area (TPSA) is 41.1 Å². The molecule has 10 heavy (non-hydrogen) atoms. The van der Waals surface area contributed by atoms with Gasteiger partial charge in [0.05, 0.1) is 0 Å². The van der Waals surface area contributed by atoms with Gasteiger partial charge in [0.1, 0.15) is 4.32 Å². The highest BCUT2D eigenvalue weighted by Crippen LogP contribution is 2.31. The van der Waals surface area contributed by atoms with Gasteiger partial charge in [0.15, 0.2) is 5.50 Å². The van der Waals surface area contributed by atoms with Crippen molar-refractivity contribution >= 4 is 44.0 Å². The summed E-state index contributed by atoms with van der Waals surface area (Å²) in [5.74, 6) is -0.0460. The lowest BCUT2D eigenvalue weighted by Gasteiger charge is -2.07. The molecule has 1 amide bonds. The predicted octanol–water partition coefficient (Wildman–Crippen LogP) is 0.676. The van der Waals surface area contributed by atoms with Gasteiger partial charge >= 0.3 is 0 Å². The van der Waals surface area contributed by atoms with Crippen LogP contribution in [0.15, 0.2) is 0 Å². The zero-order valence-electron chi connectivity index (χ0n) is 5.21. The molecule has 0 bridgehead atoms. The minimum absolute atomic E-state index is 0.0460. The molecule has 1 unspecified atom stereocenters. The Kier molecular flexibility index (Phi) is 2.82. The molecule has 1 rings (SSSR count). The zero-order chi connectivity index (χ0) is 7.56. The van der Waals surface area contributed by atoms with Crippen LogP contribution in [0.2, 0.25) is 0 Å². The van der Waals surface area contributed by atoms with Crippen LogP contribution >= 0.6 is 33.8 Å². The smallest absolute Gasteiger partial charge is 0.219 e. The van der Waals surface area contributed by atoms with Crippen molar-refractivity contribution in [2.24, 2.45) is 0 Å². The Morgan fingerprint density at radius 2 is 2.60 bits per heavy atom. The van der Waals surface area contributed by atoms with Crippen LogP contribution in [0.3, 0.4) is 0 Å².